The highest BCUT2D eigenvalue weighted by Gasteiger charge is 2.31. The molecule has 3 aromatic rings. The van der Waals surface area contributed by atoms with E-state index >= 15 is 0 Å². The number of aryl methyl sites for hydroxylation is 1. The van der Waals surface area contributed by atoms with Gasteiger partial charge in [0.1, 0.15) is 22.6 Å². The minimum Gasteiger partial charge on any atom is -0.494 e. The lowest BCUT2D eigenvalue weighted by atomic mass is 10.1. The first-order valence-corrected chi connectivity index (χ1v) is 10.8. The molecule has 3 rings (SSSR count). The Balaban J connectivity index is 1.61. The zero-order valence-corrected chi connectivity index (χ0v) is 18.9. The van der Waals surface area contributed by atoms with Crippen molar-refractivity contribution >= 4 is 34.5 Å². The van der Waals surface area contributed by atoms with Crippen LogP contribution in [0.15, 0.2) is 46.9 Å². The molecule has 0 unspecified atom stereocenters. The zero-order chi connectivity index (χ0) is 23.8. The molecule has 0 spiro atoms. The van der Waals surface area contributed by atoms with Crippen LogP contribution in [0.3, 0.4) is 0 Å². The Bertz CT molecular complexity index is 1150. The Morgan fingerprint density at radius 1 is 0.909 bits per heavy atom. The van der Waals surface area contributed by atoms with E-state index in [1.54, 1.807) is 13.8 Å². The van der Waals surface area contributed by atoms with Crippen LogP contribution in [0.5, 0.6) is 5.75 Å². The van der Waals surface area contributed by atoms with Crippen LogP contribution in [-0.4, -0.2) is 37.7 Å². The van der Waals surface area contributed by atoms with Gasteiger partial charge in [-0.25, -0.2) is 9.59 Å². The van der Waals surface area contributed by atoms with Crippen LogP contribution in [-0.2, 0) is 14.3 Å². The van der Waals surface area contributed by atoms with Gasteiger partial charge in [0.2, 0.25) is 11.8 Å². The molecule has 8 nitrogen and oxygen atoms in total. The van der Waals surface area contributed by atoms with E-state index in [0.717, 1.165) is 16.5 Å². The Kier molecular flexibility index (Phi) is 8.07. The van der Waals surface area contributed by atoms with Crippen molar-refractivity contribution in [2.75, 3.05) is 25.1 Å². The number of amides is 1. The van der Waals surface area contributed by atoms with Crippen LogP contribution in [0, 0.1) is 6.92 Å². The molecule has 0 aliphatic heterocycles. The van der Waals surface area contributed by atoms with Crippen LogP contribution < -0.4 is 10.1 Å². The molecule has 1 heterocycles. The third-order valence-electron chi connectivity index (χ3n) is 4.83. The standard InChI is InChI=1S/C25H27NO7/c1-4-30-24(28)21-16(3)33-23(22(21)25(29)31-5-2)26-20(27)11-8-14-32-19-13-12-17-9-6-7-10-18(17)15-19/h6-7,9-10,12-13,15H,4-5,8,11,14H2,1-3H3,(H,26,27). The van der Waals surface area contributed by atoms with Gasteiger partial charge in [0.05, 0.1) is 19.8 Å². The molecule has 0 radical (unpaired) electrons. The SMILES string of the molecule is CCOC(=O)c1c(C)oc(NC(=O)CCCOc2ccc3ccccc3c2)c1C(=O)OCC. The number of hydrogen-bond donors (Lipinski definition) is 1. The highest BCUT2D eigenvalue weighted by atomic mass is 16.5. The summed E-state index contributed by atoms with van der Waals surface area (Å²) < 4.78 is 21.3. The van der Waals surface area contributed by atoms with Gasteiger partial charge in [-0.3, -0.25) is 10.1 Å². The van der Waals surface area contributed by atoms with E-state index in [-0.39, 0.29) is 48.3 Å². The number of nitrogens with one attached hydrogen (secondary N) is 1. The molecular formula is C25H27NO7. The van der Waals surface area contributed by atoms with Crippen LogP contribution in [0.2, 0.25) is 0 Å². The molecule has 1 aromatic heterocycles. The molecule has 1 amide bonds. The number of carbonyl (C=O) groups is 3. The minimum absolute atomic E-state index is 0.0507. The lowest BCUT2D eigenvalue weighted by molar-refractivity contribution is -0.116. The van der Waals surface area contributed by atoms with Gasteiger partial charge in [-0.15, -0.1) is 0 Å². The van der Waals surface area contributed by atoms with Crippen molar-refractivity contribution in [3.05, 3.63) is 59.4 Å². The fraction of sp³-hybridized carbons (Fsp3) is 0.320. The van der Waals surface area contributed by atoms with E-state index in [1.807, 2.05) is 42.5 Å². The average Bonchev–Trinajstić information content (AvgIpc) is 3.12. The van der Waals surface area contributed by atoms with Gasteiger partial charge in [-0.1, -0.05) is 30.3 Å². The number of fused-ring (bicyclic) bond motifs is 1. The summed E-state index contributed by atoms with van der Waals surface area (Å²) in [5.41, 5.74) is -0.196. The summed E-state index contributed by atoms with van der Waals surface area (Å²) in [6.07, 6.45) is 0.572. The fourth-order valence-electron chi connectivity index (χ4n) is 3.35. The van der Waals surface area contributed by atoms with Crippen LogP contribution in [0.1, 0.15) is 53.2 Å². The number of carbonyl (C=O) groups excluding carboxylic acids is 3. The summed E-state index contributed by atoms with van der Waals surface area (Å²) in [6, 6.07) is 13.8. The zero-order valence-electron chi connectivity index (χ0n) is 18.9. The van der Waals surface area contributed by atoms with Gasteiger partial charge >= 0.3 is 11.9 Å². The summed E-state index contributed by atoms with van der Waals surface area (Å²) in [4.78, 5) is 37.2. The van der Waals surface area contributed by atoms with E-state index in [9.17, 15) is 14.4 Å². The normalized spacial score (nSPS) is 10.6. The number of furan rings is 1. The van der Waals surface area contributed by atoms with E-state index < -0.39 is 11.9 Å². The van der Waals surface area contributed by atoms with E-state index in [2.05, 4.69) is 5.32 Å². The maximum Gasteiger partial charge on any atom is 0.344 e. The van der Waals surface area contributed by atoms with Gasteiger partial charge in [0.25, 0.3) is 0 Å². The second-order valence-corrected chi connectivity index (χ2v) is 7.19. The number of hydrogen-bond acceptors (Lipinski definition) is 7. The van der Waals surface area contributed by atoms with Crippen molar-refractivity contribution in [1.29, 1.82) is 0 Å². The van der Waals surface area contributed by atoms with Crippen molar-refractivity contribution in [3.8, 4) is 5.75 Å². The molecule has 0 bridgehead atoms. The number of rotatable bonds is 10. The van der Waals surface area contributed by atoms with E-state index in [0.29, 0.717) is 13.0 Å². The fourth-order valence-corrected chi connectivity index (χ4v) is 3.35. The maximum atomic E-state index is 12.5. The Hall–Kier alpha value is -3.81. The minimum atomic E-state index is -0.771. The molecule has 174 valence electrons. The van der Waals surface area contributed by atoms with Gasteiger partial charge in [0, 0.05) is 6.42 Å². The summed E-state index contributed by atoms with van der Waals surface area (Å²) in [5, 5.41) is 4.76. The number of benzene rings is 2. The number of anilines is 1. The van der Waals surface area contributed by atoms with Gasteiger partial charge < -0.3 is 18.6 Å². The summed E-state index contributed by atoms with van der Waals surface area (Å²) >= 11 is 0. The smallest absolute Gasteiger partial charge is 0.344 e. The Morgan fingerprint density at radius 2 is 1.58 bits per heavy atom. The molecule has 0 aliphatic carbocycles. The predicted molar refractivity (Wildman–Crippen MR) is 123 cm³/mol. The van der Waals surface area contributed by atoms with Crippen molar-refractivity contribution in [2.24, 2.45) is 0 Å². The van der Waals surface area contributed by atoms with Gasteiger partial charge in [-0.2, -0.15) is 0 Å². The molecule has 0 saturated heterocycles. The van der Waals surface area contributed by atoms with Gasteiger partial charge in [-0.05, 0) is 50.1 Å². The molecular weight excluding hydrogens is 426 g/mol. The molecule has 33 heavy (non-hydrogen) atoms. The highest BCUT2D eigenvalue weighted by molar-refractivity contribution is 6.09. The summed E-state index contributed by atoms with van der Waals surface area (Å²) in [7, 11) is 0. The first-order valence-electron chi connectivity index (χ1n) is 10.8. The molecule has 1 N–H and O–H groups in total. The third-order valence-corrected chi connectivity index (χ3v) is 4.83. The van der Waals surface area contributed by atoms with Crippen LogP contribution in [0.4, 0.5) is 5.88 Å². The molecule has 0 saturated carbocycles. The lowest BCUT2D eigenvalue weighted by Crippen LogP contribution is -2.17. The first-order chi connectivity index (χ1) is 15.9. The quantitative estimate of drug-likeness (QED) is 0.344. The molecule has 0 atom stereocenters. The Labute approximate surface area is 191 Å². The number of ether oxygens (including phenoxy) is 3. The maximum absolute atomic E-state index is 12.5. The molecule has 0 aliphatic rings. The lowest BCUT2D eigenvalue weighted by Gasteiger charge is -2.08. The highest BCUT2D eigenvalue weighted by Crippen LogP contribution is 2.29. The monoisotopic (exact) mass is 453 g/mol. The molecule has 2 aromatic carbocycles. The van der Waals surface area contributed by atoms with Gasteiger partial charge in [0.15, 0.2) is 0 Å². The molecule has 0 fully saturated rings. The second-order valence-electron chi connectivity index (χ2n) is 7.19. The van der Waals surface area contributed by atoms with Crippen molar-refractivity contribution in [3.63, 3.8) is 0 Å². The van der Waals surface area contributed by atoms with Crippen LogP contribution in [0.25, 0.3) is 10.8 Å². The third kappa shape index (κ3) is 5.91. The average molecular weight is 453 g/mol. The van der Waals surface area contributed by atoms with Crippen molar-refractivity contribution < 1.29 is 33.0 Å². The van der Waals surface area contributed by atoms with Crippen molar-refractivity contribution in [1.82, 2.24) is 0 Å². The largest absolute Gasteiger partial charge is 0.494 e. The van der Waals surface area contributed by atoms with Crippen molar-refractivity contribution in [2.45, 2.75) is 33.6 Å². The topological polar surface area (TPSA) is 104 Å². The second kappa shape index (κ2) is 11.2. The van der Waals surface area contributed by atoms with E-state index in [4.69, 9.17) is 18.6 Å². The predicted octanol–water partition coefficient (Wildman–Crippen LogP) is 4.89. The number of esters is 2. The summed E-state index contributed by atoms with van der Waals surface area (Å²) in [6.45, 7) is 5.38. The van der Waals surface area contributed by atoms with E-state index in [1.165, 1.54) is 6.92 Å². The Morgan fingerprint density at radius 3 is 2.27 bits per heavy atom. The first kappa shape index (κ1) is 23.8. The summed E-state index contributed by atoms with van der Waals surface area (Å²) in [5.74, 6) is -1.12. The molecule has 8 heteroatoms. The van der Waals surface area contributed by atoms with Crippen LogP contribution >= 0.6 is 0 Å².